The van der Waals surface area contributed by atoms with E-state index in [0.29, 0.717) is 30.6 Å². The molecule has 0 N–H and O–H groups in total. The lowest BCUT2D eigenvalue weighted by Gasteiger charge is -2.40. The molecule has 3 fully saturated rings. The fraction of sp³-hybridized carbons (Fsp3) is 0.933. The van der Waals surface area contributed by atoms with E-state index in [0.717, 1.165) is 51.6 Å². The summed E-state index contributed by atoms with van der Waals surface area (Å²) < 4.78 is 28.5. The fourth-order valence-electron chi connectivity index (χ4n) is 3.74. The van der Waals surface area contributed by atoms with E-state index in [-0.39, 0.29) is 12.2 Å². The molecule has 0 aromatic rings. The van der Waals surface area contributed by atoms with Crippen LogP contribution >= 0.6 is 0 Å². The molecule has 0 aromatic carbocycles. The van der Waals surface area contributed by atoms with Crippen molar-refractivity contribution in [2.24, 2.45) is 0 Å². The van der Waals surface area contributed by atoms with Crippen LogP contribution in [0, 0.1) is 0 Å². The SMILES string of the molecule is O=C(OC1CCCC1)N1CCN(C2CCS(=O)(=O)CC2)CC1. The Kier molecular flexibility index (Phi) is 4.92. The van der Waals surface area contributed by atoms with Gasteiger partial charge < -0.3 is 9.64 Å². The number of rotatable bonds is 2. The standard InChI is InChI=1S/C15H26N2O4S/c18-15(21-14-3-1-2-4-14)17-9-7-16(8-10-17)13-5-11-22(19,20)12-6-13/h13-14H,1-12H2. The van der Waals surface area contributed by atoms with Crippen LogP contribution in [0.15, 0.2) is 0 Å². The highest BCUT2D eigenvalue weighted by atomic mass is 32.2. The molecule has 3 aliphatic rings. The van der Waals surface area contributed by atoms with Gasteiger partial charge in [-0.05, 0) is 38.5 Å². The van der Waals surface area contributed by atoms with E-state index in [1.165, 1.54) is 0 Å². The zero-order valence-corrected chi connectivity index (χ0v) is 13.9. The Bertz CT molecular complexity index is 480. The van der Waals surface area contributed by atoms with Crippen molar-refractivity contribution in [3.8, 4) is 0 Å². The van der Waals surface area contributed by atoms with Crippen molar-refractivity contribution in [3.63, 3.8) is 0 Å². The van der Waals surface area contributed by atoms with Crippen molar-refractivity contribution in [3.05, 3.63) is 0 Å². The van der Waals surface area contributed by atoms with E-state index in [9.17, 15) is 13.2 Å². The van der Waals surface area contributed by atoms with Crippen LogP contribution in [0.5, 0.6) is 0 Å². The van der Waals surface area contributed by atoms with Crippen LogP contribution in [0.4, 0.5) is 4.79 Å². The van der Waals surface area contributed by atoms with Gasteiger partial charge in [-0.3, -0.25) is 4.90 Å². The molecule has 0 bridgehead atoms. The van der Waals surface area contributed by atoms with Gasteiger partial charge in [0.25, 0.3) is 0 Å². The van der Waals surface area contributed by atoms with Crippen LogP contribution in [-0.4, -0.2) is 74.1 Å². The second-order valence-electron chi connectivity index (χ2n) is 6.70. The zero-order chi connectivity index (χ0) is 15.6. The average Bonchev–Trinajstić information content (AvgIpc) is 3.00. The van der Waals surface area contributed by atoms with E-state index in [1.807, 2.05) is 0 Å². The Morgan fingerprint density at radius 2 is 1.50 bits per heavy atom. The van der Waals surface area contributed by atoms with Crippen molar-refractivity contribution >= 4 is 15.9 Å². The summed E-state index contributed by atoms with van der Waals surface area (Å²) in [6.45, 7) is 3.03. The van der Waals surface area contributed by atoms with Crippen LogP contribution in [0.2, 0.25) is 0 Å². The molecule has 0 spiro atoms. The summed E-state index contributed by atoms with van der Waals surface area (Å²) in [5.74, 6) is 0.614. The third kappa shape index (κ3) is 3.93. The molecule has 0 radical (unpaired) electrons. The summed E-state index contributed by atoms with van der Waals surface area (Å²) in [5.41, 5.74) is 0. The molecule has 1 saturated carbocycles. The van der Waals surface area contributed by atoms with Gasteiger partial charge in [0.1, 0.15) is 15.9 Å². The molecule has 126 valence electrons. The molecular formula is C15H26N2O4S. The Hall–Kier alpha value is -0.820. The lowest BCUT2D eigenvalue weighted by molar-refractivity contribution is 0.0395. The van der Waals surface area contributed by atoms with E-state index >= 15 is 0 Å². The largest absolute Gasteiger partial charge is 0.446 e. The quantitative estimate of drug-likeness (QED) is 0.762. The van der Waals surface area contributed by atoms with Gasteiger partial charge in [-0.2, -0.15) is 0 Å². The van der Waals surface area contributed by atoms with Crippen molar-refractivity contribution in [1.82, 2.24) is 9.80 Å². The minimum Gasteiger partial charge on any atom is -0.446 e. The predicted molar refractivity (Wildman–Crippen MR) is 83.6 cm³/mol. The van der Waals surface area contributed by atoms with Gasteiger partial charge in [0.05, 0.1) is 11.5 Å². The normalized spacial score (nSPS) is 27.9. The van der Waals surface area contributed by atoms with Crippen LogP contribution in [-0.2, 0) is 14.6 Å². The molecule has 1 amide bonds. The number of piperazine rings is 1. The Morgan fingerprint density at radius 3 is 2.09 bits per heavy atom. The molecule has 2 saturated heterocycles. The van der Waals surface area contributed by atoms with Crippen molar-refractivity contribution in [2.75, 3.05) is 37.7 Å². The highest BCUT2D eigenvalue weighted by Gasteiger charge is 2.32. The predicted octanol–water partition coefficient (Wildman–Crippen LogP) is 1.26. The number of nitrogens with zero attached hydrogens (tertiary/aromatic N) is 2. The van der Waals surface area contributed by atoms with Crippen LogP contribution < -0.4 is 0 Å². The molecule has 0 aromatic heterocycles. The maximum Gasteiger partial charge on any atom is 0.410 e. The van der Waals surface area contributed by atoms with E-state index in [4.69, 9.17) is 4.74 Å². The minimum atomic E-state index is -2.80. The van der Waals surface area contributed by atoms with Crippen LogP contribution in [0.25, 0.3) is 0 Å². The number of hydrogen-bond donors (Lipinski definition) is 0. The van der Waals surface area contributed by atoms with Crippen molar-refractivity contribution < 1.29 is 17.9 Å². The summed E-state index contributed by atoms with van der Waals surface area (Å²) in [6.07, 6.45) is 5.74. The second-order valence-corrected chi connectivity index (χ2v) is 9.00. The first-order valence-electron chi connectivity index (χ1n) is 8.43. The Balaban J connectivity index is 1.43. The van der Waals surface area contributed by atoms with Gasteiger partial charge in [0.15, 0.2) is 0 Å². The summed E-state index contributed by atoms with van der Waals surface area (Å²) in [6, 6.07) is 0.358. The highest BCUT2D eigenvalue weighted by Crippen LogP contribution is 2.23. The molecule has 0 unspecified atom stereocenters. The monoisotopic (exact) mass is 330 g/mol. The summed E-state index contributed by atoms with van der Waals surface area (Å²) in [5, 5.41) is 0. The highest BCUT2D eigenvalue weighted by molar-refractivity contribution is 7.91. The Morgan fingerprint density at radius 1 is 0.909 bits per heavy atom. The summed E-state index contributed by atoms with van der Waals surface area (Å²) in [7, 11) is -2.80. The van der Waals surface area contributed by atoms with Crippen LogP contribution in [0.1, 0.15) is 38.5 Å². The third-order valence-corrected chi connectivity index (χ3v) is 6.90. The molecule has 1 aliphatic carbocycles. The van der Waals surface area contributed by atoms with Crippen LogP contribution in [0.3, 0.4) is 0 Å². The van der Waals surface area contributed by atoms with E-state index in [1.54, 1.807) is 4.90 Å². The molecular weight excluding hydrogens is 304 g/mol. The summed E-state index contributed by atoms with van der Waals surface area (Å²) >= 11 is 0. The minimum absolute atomic E-state index is 0.120. The number of amides is 1. The van der Waals surface area contributed by atoms with Crippen molar-refractivity contribution in [2.45, 2.75) is 50.7 Å². The van der Waals surface area contributed by atoms with E-state index in [2.05, 4.69) is 4.90 Å². The first kappa shape index (κ1) is 16.1. The smallest absolute Gasteiger partial charge is 0.410 e. The van der Waals surface area contributed by atoms with Gasteiger partial charge in [-0.1, -0.05) is 0 Å². The van der Waals surface area contributed by atoms with Gasteiger partial charge >= 0.3 is 6.09 Å². The maximum absolute atomic E-state index is 12.1. The second kappa shape index (κ2) is 6.74. The molecule has 2 heterocycles. The first-order chi connectivity index (χ1) is 10.5. The van der Waals surface area contributed by atoms with Gasteiger partial charge in [0, 0.05) is 32.2 Å². The van der Waals surface area contributed by atoms with Gasteiger partial charge in [-0.15, -0.1) is 0 Å². The first-order valence-corrected chi connectivity index (χ1v) is 10.3. The zero-order valence-electron chi connectivity index (χ0n) is 13.1. The fourth-order valence-corrected chi connectivity index (χ4v) is 5.20. The number of sulfone groups is 1. The molecule has 22 heavy (non-hydrogen) atoms. The third-order valence-electron chi connectivity index (χ3n) is 5.18. The van der Waals surface area contributed by atoms with Gasteiger partial charge in [0.2, 0.25) is 0 Å². The number of ether oxygens (including phenoxy) is 1. The lowest BCUT2D eigenvalue weighted by Crippen LogP contribution is -2.53. The lowest BCUT2D eigenvalue weighted by atomic mass is 10.1. The topological polar surface area (TPSA) is 66.9 Å². The number of hydrogen-bond acceptors (Lipinski definition) is 5. The van der Waals surface area contributed by atoms with E-state index < -0.39 is 9.84 Å². The van der Waals surface area contributed by atoms with Crippen molar-refractivity contribution in [1.29, 1.82) is 0 Å². The maximum atomic E-state index is 12.1. The average molecular weight is 330 g/mol. The van der Waals surface area contributed by atoms with Gasteiger partial charge in [-0.25, -0.2) is 13.2 Å². The molecule has 0 atom stereocenters. The summed E-state index contributed by atoms with van der Waals surface area (Å²) in [4.78, 5) is 16.3. The number of carbonyl (C=O) groups excluding carboxylic acids is 1. The molecule has 7 heteroatoms. The Labute approximate surface area is 132 Å². The molecule has 2 aliphatic heterocycles. The molecule has 6 nitrogen and oxygen atoms in total. The molecule has 3 rings (SSSR count). The number of carbonyl (C=O) groups is 1.